The summed E-state index contributed by atoms with van der Waals surface area (Å²) in [6.07, 6.45) is 1.11. The average Bonchev–Trinajstić information content (AvgIpc) is 2.85. The van der Waals surface area contributed by atoms with Gasteiger partial charge < -0.3 is 19.7 Å². The Morgan fingerprint density at radius 1 is 1.29 bits per heavy atom. The van der Waals surface area contributed by atoms with Crippen LogP contribution < -0.4 is 15.0 Å². The molecule has 0 atom stereocenters. The van der Waals surface area contributed by atoms with Crippen LogP contribution in [0.1, 0.15) is 5.56 Å². The van der Waals surface area contributed by atoms with Crippen LogP contribution in [0.15, 0.2) is 12.1 Å². The van der Waals surface area contributed by atoms with Crippen molar-refractivity contribution in [2.24, 2.45) is 0 Å². The summed E-state index contributed by atoms with van der Waals surface area (Å²) in [5, 5.41) is 3.38. The Morgan fingerprint density at radius 3 is 2.88 bits per heavy atom. The van der Waals surface area contributed by atoms with Crippen LogP contribution in [0, 0.1) is 0 Å². The van der Waals surface area contributed by atoms with E-state index in [-0.39, 0.29) is 0 Å². The van der Waals surface area contributed by atoms with Crippen molar-refractivity contribution in [3.8, 4) is 5.75 Å². The largest absolute Gasteiger partial charge is 0.495 e. The van der Waals surface area contributed by atoms with Crippen LogP contribution >= 0.6 is 0 Å². The molecule has 0 aromatic heterocycles. The van der Waals surface area contributed by atoms with Crippen LogP contribution in [0.2, 0.25) is 0 Å². The fraction of sp³-hybridized carbons (Fsp3) is 0.538. The van der Waals surface area contributed by atoms with Crippen LogP contribution in [0.3, 0.4) is 0 Å². The summed E-state index contributed by atoms with van der Waals surface area (Å²) in [6.45, 7) is 4.53. The highest BCUT2D eigenvalue weighted by molar-refractivity contribution is 5.70. The number of hydrogen-bond acceptors (Lipinski definition) is 4. The molecular weight excluding hydrogens is 216 g/mol. The number of morpholine rings is 1. The number of nitrogens with one attached hydrogen (secondary N) is 1. The Bertz CT molecular complexity index is 414. The molecule has 1 fully saturated rings. The van der Waals surface area contributed by atoms with Crippen molar-refractivity contribution in [3.05, 3.63) is 17.7 Å². The maximum Gasteiger partial charge on any atom is 0.144 e. The first-order valence-electron chi connectivity index (χ1n) is 6.16. The Kier molecular flexibility index (Phi) is 2.81. The molecule has 0 saturated carbocycles. The van der Waals surface area contributed by atoms with Gasteiger partial charge >= 0.3 is 0 Å². The third-order valence-electron chi connectivity index (χ3n) is 3.47. The van der Waals surface area contributed by atoms with Crippen molar-refractivity contribution in [3.63, 3.8) is 0 Å². The molecule has 92 valence electrons. The number of hydrogen-bond donors (Lipinski definition) is 1. The number of rotatable bonds is 2. The second-order valence-electron chi connectivity index (χ2n) is 4.46. The Balaban J connectivity index is 1.96. The van der Waals surface area contributed by atoms with Crippen LogP contribution in [-0.4, -0.2) is 40.0 Å². The van der Waals surface area contributed by atoms with Gasteiger partial charge in [-0.25, -0.2) is 0 Å². The van der Waals surface area contributed by atoms with Gasteiger partial charge in [0.2, 0.25) is 0 Å². The third-order valence-corrected chi connectivity index (χ3v) is 3.47. The normalized spacial score (nSPS) is 18.8. The SMILES string of the molecule is COc1cc2c(cc1N1CCOCC1)CCN2. The molecule has 4 heteroatoms. The summed E-state index contributed by atoms with van der Waals surface area (Å²) >= 11 is 0. The Hall–Kier alpha value is -1.42. The molecule has 2 heterocycles. The van der Waals surface area contributed by atoms with Gasteiger partial charge in [0.05, 0.1) is 26.0 Å². The van der Waals surface area contributed by atoms with E-state index in [4.69, 9.17) is 9.47 Å². The number of ether oxygens (including phenoxy) is 2. The molecule has 0 radical (unpaired) electrons. The van der Waals surface area contributed by atoms with Gasteiger partial charge in [-0.3, -0.25) is 0 Å². The van der Waals surface area contributed by atoms with Gasteiger partial charge in [-0.15, -0.1) is 0 Å². The van der Waals surface area contributed by atoms with E-state index in [2.05, 4.69) is 22.3 Å². The van der Waals surface area contributed by atoms with E-state index in [1.807, 2.05) is 0 Å². The van der Waals surface area contributed by atoms with Gasteiger partial charge in [0.1, 0.15) is 5.75 Å². The zero-order valence-electron chi connectivity index (χ0n) is 10.2. The minimum Gasteiger partial charge on any atom is -0.495 e. The summed E-state index contributed by atoms with van der Waals surface area (Å²) in [7, 11) is 1.74. The average molecular weight is 234 g/mol. The van der Waals surface area contributed by atoms with E-state index in [9.17, 15) is 0 Å². The molecule has 0 amide bonds. The zero-order valence-corrected chi connectivity index (χ0v) is 10.2. The lowest BCUT2D eigenvalue weighted by molar-refractivity contribution is 0.122. The van der Waals surface area contributed by atoms with Crippen LogP contribution in [0.5, 0.6) is 5.75 Å². The van der Waals surface area contributed by atoms with E-state index >= 15 is 0 Å². The van der Waals surface area contributed by atoms with Crippen molar-refractivity contribution in [1.29, 1.82) is 0 Å². The van der Waals surface area contributed by atoms with E-state index in [0.717, 1.165) is 45.0 Å². The van der Waals surface area contributed by atoms with E-state index in [1.165, 1.54) is 16.9 Å². The molecule has 0 unspecified atom stereocenters. The number of methoxy groups -OCH3 is 1. The Labute approximate surface area is 102 Å². The summed E-state index contributed by atoms with van der Waals surface area (Å²) in [6, 6.07) is 4.38. The number of benzene rings is 1. The maximum atomic E-state index is 5.50. The summed E-state index contributed by atoms with van der Waals surface area (Å²) in [5.74, 6) is 0.958. The molecular formula is C13H18N2O2. The fourth-order valence-electron chi connectivity index (χ4n) is 2.53. The number of fused-ring (bicyclic) bond motifs is 1. The molecule has 3 rings (SSSR count). The van der Waals surface area contributed by atoms with Gasteiger partial charge in [0, 0.05) is 31.4 Å². The van der Waals surface area contributed by atoms with Crippen molar-refractivity contribution < 1.29 is 9.47 Å². The number of anilines is 2. The van der Waals surface area contributed by atoms with E-state index in [1.54, 1.807) is 7.11 Å². The van der Waals surface area contributed by atoms with Crippen LogP contribution in [0.4, 0.5) is 11.4 Å². The van der Waals surface area contributed by atoms with Crippen molar-refractivity contribution >= 4 is 11.4 Å². The maximum absolute atomic E-state index is 5.50. The molecule has 1 N–H and O–H groups in total. The van der Waals surface area contributed by atoms with Crippen molar-refractivity contribution in [2.45, 2.75) is 6.42 Å². The molecule has 1 aromatic carbocycles. The molecule has 17 heavy (non-hydrogen) atoms. The fourth-order valence-corrected chi connectivity index (χ4v) is 2.53. The summed E-state index contributed by atoms with van der Waals surface area (Å²) in [4.78, 5) is 2.35. The lowest BCUT2D eigenvalue weighted by Gasteiger charge is -2.30. The van der Waals surface area contributed by atoms with Crippen molar-refractivity contribution in [2.75, 3.05) is 50.2 Å². The molecule has 0 spiro atoms. The molecule has 2 aliphatic rings. The van der Waals surface area contributed by atoms with Crippen molar-refractivity contribution in [1.82, 2.24) is 0 Å². The van der Waals surface area contributed by atoms with Crippen LogP contribution in [0.25, 0.3) is 0 Å². The lowest BCUT2D eigenvalue weighted by Crippen LogP contribution is -2.36. The minimum atomic E-state index is 0.804. The first-order chi connectivity index (χ1) is 8.38. The highest BCUT2D eigenvalue weighted by Gasteiger charge is 2.20. The second-order valence-corrected chi connectivity index (χ2v) is 4.46. The zero-order chi connectivity index (χ0) is 11.7. The molecule has 4 nitrogen and oxygen atoms in total. The lowest BCUT2D eigenvalue weighted by atomic mass is 10.1. The van der Waals surface area contributed by atoms with E-state index in [0.29, 0.717) is 0 Å². The Morgan fingerprint density at radius 2 is 2.12 bits per heavy atom. The highest BCUT2D eigenvalue weighted by Crippen LogP contribution is 2.36. The summed E-state index contributed by atoms with van der Waals surface area (Å²) in [5.41, 5.74) is 3.82. The van der Waals surface area contributed by atoms with Gasteiger partial charge in [-0.1, -0.05) is 0 Å². The summed E-state index contributed by atoms with van der Waals surface area (Å²) < 4.78 is 10.9. The monoisotopic (exact) mass is 234 g/mol. The predicted molar refractivity (Wildman–Crippen MR) is 68.2 cm³/mol. The van der Waals surface area contributed by atoms with Gasteiger partial charge in [-0.2, -0.15) is 0 Å². The topological polar surface area (TPSA) is 33.7 Å². The van der Waals surface area contributed by atoms with Crippen LogP contribution in [-0.2, 0) is 11.2 Å². The standard InChI is InChI=1S/C13H18N2O2/c1-16-13-9-11-10(2-3-14-11)8-12(13)15-4-6-17-7-5-15/h8-9,14H,2-7H2,1H3. The first kappa shape index (κ1) is 10.7. The second kappa shape index (κ2) is 4.45. The molecule has 0 bridgehead atoms. The number of nitrogens with zero attached hydrogens (tertiary/aromatic N) is 1. The minimum absolute atomic E-state index is 0.804. The smallest absolute Gasteiger partial charge is 0.144 e. The molecule has 1 saturated heterocycles. The highest BCUT2D eigenvalue weighted by atomic mass is 16.5. The predicted octanol–water partition coefficient (Wildman–Crippen LogP) is 1.50. The molecule has 1 aromatic rings. The van der Waals surface area contributed by atoms with Gasteiger partial charge in [-0.05, 0) is 18.1 Å². The molecule has 2 aliphatic heterocycles. The third kappa shape index (κ3) is 1.93. The first-order valence-corrected chi connectivity index (χ1v) is 6.16. The van der Waals surface area contributed by atoms with E-state index < -0.39 is 0 Å². The molecule has 0 aliphatic carbocycles. The van der Waals surface area contributed by atoms with Gasteiger partial charge in [0.25, 0.3) is 0 Å². The van der Waals surface area contributed by atoms with Gasteiger partial charge in [0.15, 0.2) is 0 Å². The quantitative estimate of drug-likeness (QED) is 0.841.